The maximum atomic E-state index is 11.4. The van der Waals surface area contributed by atoms with E-state index in [0.29, 0.717) is 12.8 Å². The molecule has 3 fully saturated rings. The van der Waals surface area contributed by atoms with E-state index in [1.807, 2.05) is 0 Å². The molecule has 1 aliphatic carbocycles. The summed E-state index contributed by atoms with van der Waals surface area (Å²) in [6.45, 7) is 0.0365. The maximum Gasteiger partial charge on any atom is 0.240 e. The topological polar surface area (TPSA) is 75.3 Å². The van der Waals surface area contributed by atoms with Gasteiger partial charge in [-0.15, -0.1) is 0 Å². The summed E-state index contributed by atoms with van der Waals surface area (Å²) in [4.78, 5) is 11.4. The molecule has 2 aliphatic heterocycles. The number of amides is 1. The third-order valence-electron chi connectivity index (χ3n) is 3.23. The largest absolute Gasteiger partial charge is 0.394 e. The number of hydrogen-bond donors (Lipinski definition) is 3. The molecule has 2 heterocycles. The van der Waals surface area contributed by atoms with Gasteiger partial charge in [-0.25, -0.2) is 0 Å². The Morgan fingerprint density at radius 3 is 2.42 bits per heavy atom. The van der Waals surface area contributed by atoms with Crippen molar-refractivity contribution in [2.45, 2.75) is 36.8 Å². The lowest BCUT2D eigenvalue weighted by Gasteiger charge is -2.50. The average Bonchev–Trinajstić information content (AvgIpc) is 2.08. The smallest absolute Gasteiger partial charge is 0.240 e. The summed E-state index contributed by atoms with van der Waals surface area (Å²) in [5.41, 5.74) is 4.87. The zero-order valence-corrected chi connectivity index (χ0v) is 6.97. The summed E-state index contributed by atoms with van der Waals surface area (Å²) in [5.74, 6) is -0.0888. The van der Waals surface area contributed by atoms with Gasteiger partial charge in [-0.1, -0.05) is 0 Å². The first-order valence-electron chi connectivity index (χ1n) is 4.33. The zero-order valence-electron chi connectivity index (χ0n) is 6.97. The molecule has 2 bridgehead atoms. The standard InChI is InChI=1S/C8H14N2O2/c9-8-3-1-7(5-11,2-4-8)10-6(8)12/h11H,1-5,9H2,(H,10,12). The number of piperidine rings is 2. The Hall–Kier alpha value is -0.610. The van der Waals surface area contributed by atoms with Crippen molar-refractivity contribution >= 4 is 5.91 Å². The number of aliphatic hydroxyl groups excluding tert-OH is 1. The molecule has 1 amide bonds. The third-order valence-corrected chi connectivity index (χ3v) is 3.23. The van der Waals surface area contributed by atoms with E-state index >= 15 is 0 Å². The van der Waals surface area contributed by atoms with Crippen LogP contribution in [0.3, 0.4) is 0 Å². The molecule has 0 radical (unpaired) electrons. The molecule has 3 rings (SSSR count). The Kier molecular flexibility index (Phi) is 1.47. The van der Waals surface area contributed by atoms with E-state index in [9.17, 15) is 4.79 Å². The molecule has 4 N–H and O–H groups in total. The molecular weight excluding hydrogens is 156 g/mol. The van der Waals surface area contributed by atoms with Crippen molar-refractivity contribution in [3.05, 3.63) is 0 Å². The summed E-state index contributed by atoms with van der Waals surface area (Å²) in [6.07, 6.45) is 3.04. The van der Waals surface area contributed by atoms with Crippen LogP contribution < -0.4 is 11.1 Å². The minimum Gasteiger partial charge on any atom is -0.394 e. The van der Waals surface area contributed by atoms with Gasteiger partial charge in [0.15, 0.2) is 0 Å². The van der Waals surface area contributed by atoms with Crippen LogP contribution in [-0.2, 0) is 4.79 Å². The molecule has 0 aromatic rings. The molecule has 0 atom stereocenters. The van der Waals surface area contributed by atoms with Crippen molar-refractivity contribution in [2.75, 3.05) is 6.61 Å². The number of nitrogens with one attached hydrogen (secondary N) is 1. The van der Waals surface area contributed by atoms with Gasteiger partial charge < -0.3 is 16.2 Å². The summed E-state index contributed by atoms with van der Waals surface area (Å²) < 4.78 is 0. The molecule has 68 valence electrons. The molecule has 4 heteroatoms. The predicted molar refractivity (Wildman–Crippen MR) is 43.3 cm³/mol. The van der Waals surface area contributed by atoms with Crippen LogP contribution in [-0.4, -0.2) is 28.7 Å². The van der Waals surface area contributed by atoms with Crippen LogP contribution in [0.25, 0.3) is 0 Å². The van der Waals surface area contributed by atoms with Gasteiger partial charge >= 0.3 is 0 Å². The molecule has 0 unspecified atom stereocenters. The van der Waals surface area contributed by atoms with Crippen LogP contribution in [0.5, 0.6) is 0 Å². The van der Waals surface area contributed by atoms with Gasteiger partial charge in [0.05, 0.1) is 17.7 Å². The van der Waals surface area contributed by atoms with Crippen molar-refractivity contribution in [1.29, 1.82) is 0 Å². The van der Waals surface area contributed by atoms with E-state index in [4.69, 9.17) is 10.8 Å². The molecule has 0 aromatic heterocycles. The molecule has 0 aromatic carbocycles. The van der Waals surface area contributed by atoms with Crippen molar-refractivity contribution in [3.63, 3.8) is 0 Å². The first-order chi connectivity index (χ1) is 5.60. The minimum absolute atomic E-state index is 0.0365. The molecular formula is C8H14N2O2. The van der Waals surface area contributed by atoms with Crippen molar-refractivity contribution in [1.82, 2.24) is 5.32 Å². The lowest BCUT2D eigenvalue weighted by molar-refractivity contribution is -0.137. The molecule has 3 aliphatic rings. The van der Waals surface area contributed by atoms with Crippen molar-refractivity contribution in [3.8, 4) is 0 Å². The fourth-order valence-corrected chi connectivity index (χ4v) is 2.09. The van der Waals surface area contributed by atoms with Gasteiger partial charge in [0, 0.05) is 0 Å². The number of rotatable bonds is 1. The Bertz CT molecular complexity index is 219. The number of aliphatic hydroxyl groups is 1. The Morgan fingerprint density at radius 1 is 1.42 bits per heavy atom. The Balaban J connectivity index is 2.25. The summed E-state index contributed by atoms with van der Waals surface area (Å²) in [5, 5.41) is 11.9. The van der Waals surface area contributed by atoms with Gasteiger partial charge in [-0.2, -0.15) is 0 Å². The van der Waals surface area contributed by atoms with Crippen LogP contribution in [0.4, 0.5) is 0 Å². The normalized spacial score (nSPS) is 46.0. The van der Waals surface area contributed by atoms with E-state index in [-0.39, 0.29) is 18.1 Å². The van der Waals surface area contributed by atoms with Crippen LogP contribution in [0.1, 0.15) is 25.7 Å². The van der Waals surface area contributed by atoms with Crippen LogP contribution in [0.2, 0.25) is 0 Å². The number of fused-ring (bicyclic) bond motifs is 3. The van der Waals surface area contributed by atoms with Crippen molar-refractivity contribution in [2.24, 2.45) is 5.73 Å². The molecule has 0 spiro atoms. The van der Waals surface area contributed by atoms with Gasteiger partial charge in [-0.3, -0.25) is 4.79 Å². The van der Waals surface area contributed by atoms with E-state index in [2.05, 4.69) is 5.32 Å². The highest BCUT2D eigenvalue weighted by Crippen LogP contribution is 2.38. The number of hydrogen-bond acceptors (Lipinski definition) is 3. The predicted octanol–water partition coefficient (Wildman–Crippen LogP) is -0.881. The lowest BCUT2D eigenvalue weighted by Crippen LogP contribution is -2.71. The van der Waals surface area contributed by atoms with Crippen LogP contribution in [0, 0.1) is 0 Å². The minimum atomic E-state index is -0.642. The second-order valence-electron chi connectivity index (χ2n) is 4.05. The Labute approximate surface area is 71.1 Å². The SMILES string of the molecule is NC12CCC(CO)(CC1)NC2=O. The van der Waals surface area contributed by atoms with E-state index in [1.165, 1.54) is 0 Å². The molecule has 4 nitrogen and oxygen atoms in total. The summed E-state index contributed by atoms with van der Waals surface area (Å²) >= 11 is 0. The van der Waals surface area contributed by atoms with Gasteiger partial charge in [0.2, 0.25) is 5.91 Å². The molecule has 2 saturated heterocycles. The first-order valence-corrected chi connectivity index (χ1v) is 4.33. The summed E-state index contributed by atoms with van der Waals surface area (Å²) in [6, 6.07) is 0. The highest BCUT2D eigenvalue weighted by molar-refractivity contribution is 5.88. The number of nitrogens with two attached hydrogens (primary N) is 1. The summed E-state index contributed by atoms with van der Waals surface area (Å²) in [7, 11) is 0. The highest BCUT2D eigenvalue weighted by atomic mass is 16.3. The van der Waals surface area contributed by atoms with Crippen molar-refractivity contribution < 1.29 is 9.90 Å². The number of carbonyl (C=O) groups is 1. The first kappa shape index (κ1) is 8.01. The van der Waals surface area contributed by atoms with Crippen LogP contribution >= 0.6 is 0 Å². The quantitative estimate of drug-likeness (QED) is 0.478. The molecule has 1 saturated carbocycles. The van der Waals surface area contributed by atoms with E-state index < -0.39 is 5.54 Å². The van der Waals surface area contributed by atoms with E-state index in [1.54, 1.807) is 0 Å². The average molecular weight is 170 g/mol. The Morgan fingerprint density at radius 2 is 2.00 bits per heavy atom. The third kappa shape index (κ3) is 0.881. The fraction of sp³-hybridized carbons (Fsp3) is 0.875. The second-order valence-corrected chi connectivity index (χ2v) is 4.05. The fourth-order valence-electron chi connectivity index (χ4n) is 2.09. The lowest BCUT2D eigenvalue weighted by atomic mass is 9.68. The maximum absolute atomic E-state index is 11.4. The van der Waals surface area contributed by atoms with Gasteiger partial charge in [0.1, 0.15) is 0 Å². The monoisotopic (exact) mass is 170 g/mol. The highest BCUT2D eigenvalue weighted by Gasteiger charge is 2.51. The van der Waals surface area contributed by atoms with Gasteiger partial charge in [-0.05, 0) is 25.7 Å². The number of carbonyl (C=O) groups excluding carboxylic acids is 1. The van der Waals surface area contributed by atoms with Crippen LogP contribution in [0.15, 0.2) is 0 Å². The molecule has 12 heavy (non-hydrogen) atoms. The second kappa shape index (κ2) is 2.20. The zero-order chi connectivity index (χ0) is 8.82. The van der Waals surface area contributed by atoms with E-state index in [0.717, 1.165) is 12.8 Å². The van der Waals surface area contributed by atoms with Gasteiger partial charge in [0.25, 0.3) is 0 Å².